The lowest BCUT2D eigenvalue weighted by Crippen LogP contribution is -2.39. The summed E-state index contributed by atoms with van der Waals surface area (Å²) < 4.78 is 10.8. The first-order valence-electron chi connectivity index (χ1n) is 10.2. The average Bonchev–Trinajstić information content (AvgIpc) is 3.40. The summed E-state index contributed by atoms with van der Waals surface area (Å²) in [5.41, 5.74) is 0.998. The third-order valence-corrected chi connectivity index (χ3v) is 6.44. The summed E-state index contributed by atoms with van der Waals surface area (Å²) in [5.74, 6) is -0.732. The number of carbonyl (C=O) groups is 2. The van der Waals surface area contributed by atoms with Crippen molar-refractivity contribution >= 4 is 23.7 Å². The molecule has 0 bridgehead atoms. The summed E-state index contributed by atoms with van der Waals surface area (Å²) in [6.45, 7) is 0. The van der Waals surface area contributed by atoms with Crippen molar-refractivity contribution in [2.45, 2.75) is 16.1 Å². The van der Waals surface area contributed by atoms with Gasteiger partial charge in [0.1, 0.15) is 6.26 Å². The van der Waals surface area contributed by atoms with Crippen molar-refractivity contribution in [2.24, 2.45) is 0 Å². The van der Waals surface area contributed by atoms with E-state index in [1.54, 1.807) is 12.1 Å². The predicted molar refractivity (Wildman–Crippen MR) is 124 cm³/mol. The number of nitrogens with zero attached hydrogens (tertiary/aromatic N) is 1. The van der Waals surface area contributed by atoms with Crippen molar-refractivity contribution in [3.05, 3.63) is 119 Å². The number of oxazole rings is 1. The number of ether oxygens (including phenoxy) is 1. The quantitative estimate of drug-likeness (QED) is 0.287. The molecular weight excluding hydrogens is 438 g/mol. The van der Waals surface area contributed by atoms with E-state index in [2.05, 4.69) is 4.98 Å². The van der Waals surface area contributed by atoms with Gasteiger partial charge in [0.25, 0.3) is 0 Å². The molecule has 0 spiro atoms. The summed E-state index contributed by atoms with van der Waals surface area (Å²) >= 11 is 1.51. The Kier molecular flexibility index (Phi) is 6.60. The molecule has 1 heterocycles. The van der Waals surface area contributed by atoms with E-state index in [-0.39, 0.29) is 5.89 Å². The minimum Gasteiger partial charge on any atom is -0.478 e. The molecule has 0 aliphatic rings. The highest BCUT2D eigenvalue weighted by Crippen LogP contribution is 2.40. The maximum atomic E-state index is 13.2. The number of aromatic carboxylic acids is 1. The Morgan fingerprint density at radius 3 is 2.27 bits per heavy atom. The SMILES string of the molecule is COC(=O)C(c1ccccc1)(c1ccc(SCc2ccccc2C(=O)O)cc1)c1ncco1. The lowest BCUT2D eigenvalue weighted by atomic mass is 9.74. The number of hydrogen-bond acceptors (Lipinski definition) is 6. The zero-order chi connectivity index (χ0) is 23.3. The van der Waals surface area contributed by atoms with E-state index in [0.717, 1.165) is 10.5 Å². The van der Waals surface area contributed by atoms with Gasteiger partial charge in [-0.2, -0.15) is 0 Å². The molecule has 1 atom stereocenters. The molecule has 33 heavy (non-hydrogen) atoms. The topological polar surface area (TPSA) is 89.6 Å². The summed E-state index contributed by atoms with van der Waals surface area (Å²) in [4.78, 5) is 29.9. The van der Waals surface area contributed by atoms with Crippen molar-refractivity contribution in [3.63, 3.8) is 0 Å². The smallest absolute Gasteiger partial charge is 0.335 e. The van der Waals surface area contributed by atoms with Crippen LogP contribution in [0.2, 0.25) is 0 Å². The number of hydrogen-bond donors (Lipinski definition) is 1. The van der Waals surface area contributed by atoms with Gasteiger partial charge in [0.15, 0.2) is 5.41 Å². The Balaban J connectivity index is 1.70. The van der Waals surface area contributed by atoms with Crippen LogP contribution in [0.25, 0.3) is 0 Å². The van der Waals surface area contributed by atoms with Gasteiger partial charge in [-0.25, -0.2) is 9.78 Å². The van der Waals surface area contributed by atoms with Crippen molar-refractivity contribution < 1.29 is 23.8 Å². The summed E-state index contributed by atoms with van der Waals surface area (Å²) in [7, 11) is 1.34. The fourth-order valence-corrected chi connectivity index (χ4v) is 4.71. The normalized spacial score (nSPS) is 12.6. The standard InChI is InChI=1S/C26H21NO5S/c1-31-25(30)26(24-27-15-16-32-24,19-8-3-2-4-9-19)20-11-13-21(14-12-20)33-17-18-7-5-6-10-22(18)23(28)29/h2-16H,17H2,1H3,(H,28,29). The summed E-state index contributed by atoms with van der Waals surface area (Å²) in [5, 5.41) is 9.40. The van der Waals surface area contributed by atoms with Gasteiger partial charge in [-0.1, -0.05) is 60.7 Å². The molecule has 0 radical (unpaired) electrons. The van der Waals surface area contributed by atoms with Gasteiger partial charge in [-0.3, -0.25) is 4.79 Å². The second-order valence-corrected chi connectivity index (χ2v) is 8.27. The van der Waals surface area contributed by atoms with Crippen LogP contribution in [0.15, 0.2) is 101 Å². The zero-order valence-corrected chi connectivity index (χ0v) is 18.6. The third-order valence-electron chi connectivity index (χ3n) is 5.38. The minimum atomic E-state index is -1.36. The van der Waals surface area contributed by atoms with Gasteiger partial charge in [-0.15, -0.1) is 11.8 Å². The predicted octanol–water partition coefficient (Wildman–Crippen LogP) is 5.17. The molecule has 1 N–H and O–H groups in total. The zero-order valence-electron chi connectivity index (χ0n) is 17.8. The van der Waals surface area contributed by atoms with Crippen LogP contribution in [0.5, 0.6) is 0 Å². The summed E-state index contributed by atoms with van der Waals surface area (Å²) in [6.07, 6.45) is 2.93. The molecule has 0 aliphatic heterocycles. The molecule has 0 amide bonds. The van der Waals surface area contributed by atoms with E-state index in [1.165, 1.54) is 31.3 Å². The van der Waals surface area contributed by atoms with Gasteiger partial charge in [0.2, 0.25) is 5.89 Å². The molecule has 0 saturated heterocycles. The molecule has 1 unspecified atom stereocenters. The maximum absolute atomic E-state index is 13.2. The molecule has 4 aromatic rings. The van der Waals surface area contributed by atoms with E-state index in [1.807, 2.05) is 66.7 Å². The molecule has 0 saturated carbocycles. The number of thioether (sulfide) groups is 1. The van der Waals surface area contributed by atoms with E-state index in [9.17, 15) is 14.7 Å². The number of carboxylic acids is 1. The van der Waals surface area contributed by atoms with Crippen LogP contribution in [-0.4, -0.2) is 29.1 Å². The highest BCUT2D eigenvalue weighted by Gasteiger charge is 2.49. The van der Waals surface area contributed by atoms with Gasteiger partial charge in [0, 0.05) is 10.6 Å². The van der Waals surface area contributed by atoms with Gasteiger partial charge >= 0.3 is 11.9 Å². The van der Waals surface area contributed by atoms with Gasteiger partial charge in [-0.05, 0) is 34.9 Å². The molecule has 4 rings (SSSR count). The van der Waals surface area contributed by atoms with Crippen LogP contribution in [0.3, 0.4) is 0 Å². The van der Waals surface area contributed by atoms with Crippen LogP contribution in [0.4, 0.5) is 0 Å². The molecule has 1 aromatic heterocycles. The van der Waals surface area contributed by atoms with Crippen molar-refractivity contribution in [1.29, 1.82) is 0 Å². The number of esters is 1. The average molecular weight is 460 g/mol. The largest absolute Gasteiger partial charge is 0.478 e. The fraction of sp³-hybridized carbons (Fsp3) is 0.115. The first-order valence-corrected chi connectivity index (χ1v) is 11.1. The summed E-state index contributed by atoms with van der Waals surface area (Å²) in [6, 6.07) is 23.7. The molecule has 7 heteroatoms. The number of rotatable bonds is 8. The van der Waals surface area contributed by atoms with Crippen LogP contribution < -0.4 is 0 Å². The minimum absolute atomic E-state index is 0.219. The van der Waals surface area contributed by atoms with E-state index >= 15 is 0 Å². The molecule has 166 valence electrons. The van der Waals surface area contributed by atoms with Crippen molar-refractivity contribution in [1.82, 2.24) is 4.98 Å². The van der Waals surface area contributed by atoms with Crippen LogP contribution in [0.1, 0.15) is 32.9 Å². The van der Waals surface area contributed by atoms with Gasteiger partial charge < -0.3 is 14.3 Å². The highest BCUT2D eigenvalue weighted by atomic mass is 32.2. The van der Waals surface area contributed by atoms with E-state index in [0.29, 0.717) is 22.4 Å². The lowest BCUT2D eigenvalue weighted by Gasteiger charge is -2.29. The Bertz CT molecular complexity index is 1240. The Morgan fingerprint density at radius 1 is 0.970 bits per heavy atom. The first-order chi connectivity index (χ1) is 16.1. The number of carbonyl (C=O) groups excluding carboxylic acids is 1. The molecule has 0 fully saturated rings. The Hall–Kier alpha value is -3.84. The van der Waals surface area contributed by atoms with E-state index in [4.69, 9.17) is 9.15 Å². The number of aromatic nitrogens is 1. The molecule has 3 aromatic carbocycles. The van der Waals surface area contributed by atoms with Crippen LogP contribution >= 0.6 is 11.8 Å². The fourth-order valence-electron chi connectivity index (χ4n) is 3.80. The Labute approximate surface area is 195 Å². The first kappa shape index (κ1) is 22.4. The third kappa shape index (κ3) is 4.27. The van der Waals surface area contributed by atoms with Crippen LogP contribution in [-0.2, 0) is 20.7 Å². The monoisotopic (exact) mass is 459 g/mol. The molecule has 0 aliphatic carbocycles. The Morgan fingerprint density at radius 2 is 1.64 bits per heavy atom. The highest BCUT2D eigenvalue weighted by molar-refractivity contribution is 7.98. The number of carboxylic acid groups (broad SMARTS) is 1. The lowest BCUT2D eigenvalue weighted by molar-refractivity contribution is -0.145. The number of benzene rings is 3. The van der Waals surface area contributed by atoms with Crippen LogP contribution in [0, 0.1) is 0 Å². The van der Waals surface area contributed by atoms with Gasteiger partial charge in [0.05, 0.1) is 18.9 Å². The molecule has 6 nitrogen and oxygen atoms in total. The maximum Gasteiger partial charge on any atom is 0.335 e. The van der Waals surface area contributed by atoms with Crippen molar-refractivity contribution in [2.75, 3.05) is 7.11 Å². The second-order valence-electron chi connectivity index (χ2n) is 7.22. The van der Waals surface area contributed by atoms with Crippen molar-refractivity contribution in [3.8, 4) is 0 Å². The number of methoxy groups -OCH3 is 1. The second kappa shape index (κ2) is 9.75. The van der Waals surface area contributed by atoms with E-state index < -0.39 is 17.4 Å². The molecular formula is C26H21NO5S.